The number of rotatable bonds is 4. The number of likely N-dealkylation sites (tertiary alicyclic amines) is 1. The molecule has 0 radical (unpaired) electrons. The first-order valence-electron chi connectivity index (χ1n) is 7.61. The van der Waals surface area contributed by atoms with Crippen molar-refractivity contribution >= 4 is 33.0 Å². The summed E-state index contributed by atoms with van der Waals surface area (Å²) in [7, 11) is -3.41. The third-order valence-electron chi connectivity index (χ3n) is 3.81. The van der Waals surface area contributed by atoms with Crippen LogP contribution in [-0.2, 0) is 10.0 Å². The van der Waals surface area contributed by atoms with E-state index in [1.165, 1.54) is 6.42 Å². The van der Waals surface area contributed by atoms with Crippen LogP contribution in [0.5, 0.6) is 0 Å². The number of nitrogens with one attached hydrogen (secondary N) is 2. The Morgan fingerprint density at radius 3 is 2.59 bits per heavy atom. The average molecular weight is 342 g/mol. The van der Waals surface area contributed by atoms with Crippen molar-refractivity contribution in [1.29, 1.82) is 0 Å². The first-order valence-corrected chi connectivity index (χ1v) is 9.50. The zero-order chi connectivity index (χ0) is 16.2. The minimum atomic E-state index is -3.41. The highest BCUT2D eigenvalue weighted by atomic mass is 32.2. The number of benzene rings is 1. The van der Waals surface area contributed by atoms with Crippen molar-refractivity contribution in [1.82, 2.24) is 9.62 Å². The Bertz CT molecular complexity index is 614. The van der Waals surface area contributed by atoms with Gasteiger partial charge in [0, 0.05) is 24.8 Å². The first kappa shape index (κ1) is 17.2. The summed E-state index contributed by atoms with van der Waals surface area (Å²) >= 11 is 5.47. The molecule has 0 bridgehead atoms. The van der Waals surface area contributed by atoms with Gasteiger partial charge in [-0.3, -0.25) is 0 Å². The van der Waals surface area contributed by atoms with Crippen molar-refractivity contribution in [2.24, 2.45) is 0 Å². The van der Waals surface area contributed by atoms with Gasteiger partial charge < -0.3 is 10.2 Å². The van der Waals surface area contributed by atoms with Gasteiger partial charge in [-0.05, 0) is 62.7 Å². The van der Waals surface area contributed by atoms with Crippen molar-refractivity contribution < 1.29 is 8.42 Å². The summed E-state index contributed by atoms with van der Waals surface area (Å²) in [6, 6.07) is 7.10. The molecule has 1 atom stereocenters. The Labute approximate surface area is 138 Å². The molecule has 22 heavy (non-hydrogen) atoms. The smallest absolute Gasteiger partial charge is 0.240 e. The number of thiocarbonyl (C=S) groups is 1. The van der Waals surface area contributed by atoms with Gasteiger partial charge in [-0.2, -0.15) is 0 Å². The van der Waals surface area contributed by atoms with Gasteiger partial charge in [0.25, 0.3) is 0 Å². The molecule has 1 aromatic rings. The first-order chi connectivity index (χ1) is 10.4. The summed E-state index contributed by atoms with van der Waals surface area (Å²) < 4.78 is 26.3. The van der Waals surface area contributed by atoms with Crippen LogP contribution in [0.3, 0.4) is 0 Å². The molecule has 0 aliphatic carbocycles. The Balaban J connectivity index is 2.03. The van der Waals surface area contributed by atoms with Crippen LogP contribution in [0, 0.1) is 0 Å². The second-order valence-electron chi connectivity index (χ2n) is 5.49. The molecule has 0 spiro atoms. The molecule has 1 aliphatic heterocycles. The average Bonchev–Trinajstić information content (AvgIpc) is 2.48. The van der Waals surface area contributed by atoms with E-state index in [-0.39, 0.29) is 4.90 Å². The van der Waals surface area contributed by atoms with Crippen molar-refractivity contribution in [3.05, 3.63) is 24.3 Å². The second kappa shape index (κ2) is 7.39. The topological polar surface area (TPSA) is 61.4 Å². The number of sulfonamides is 1. The standard InChI is InChI=1S/C15H23N3O2S2/c1-3-16-22(19,20)14-9-7-13(8-10-14)17-15(21)18-11-5-4-6-12(18)2/h7-10,12,16H,3-6,11H2,1-2H3,(H,17,21)/t12-/m0/s1. The molecule has 1 aliphatic rings. The van der Waals surface area contributed by atoms with Crippen LogP contribution in [0.1, 0.15) is 33.1 Å². The Morgan fingerprint density at radius 1 is 1.32 bits per heavy atom. The minimum Gasteiger partial charge on any atom is -0.346 e. The van der Waals surface area contributed by atoms with Gasteiger partial charge in [-0.25, -0.2) is 13.1 Å². The lowest BCUT2D eigenvalue weighted by Gasteiger charge is -2.35. The summed E-state index contributed by atoms with van der Waals surface area (Å²) in [4.78, 5) is 2.46. The van der Waals surface area contributed by atoms with Crippen molar-refractivity contribution in [3.63, 3.8) is 0 Å². The highest BCUT2D eigenvalue weighted by Crippen LogP contribution is 2.19. The Kier molecular flexibility index (Phi) is 5.77. The SMILES string of the molecule is CCNS(=O)(=O)c1ccc(NC(=S)N2CCCC[C@@H]2C)cc1. The molecular weight excluding hydrogens is 318 g/mol. The molecule has 1 heterocycles. The van der Waals surface area contributed by atoms with Gasteiger partial charge in [-0.1, -0.05) is 6.92 Å². The molecule has 2 N–H and O–H groups in total. The van der Waals surface area contributed by atoms with Crippen LogP contribution in [0.4, 0.5) is 5.69 Å². The van der Waals surface area contributed by atoms with Gasteiger partial charge in [-0.15, -0.1) is 0 Å². The van der Waals surface area contributed by atoms with Crippen LogP contribution in [-0.4, -0.2) is 37.6 Å². The van der Waals surface area contributed by atoms with Gasteiger partial charge >= 0.3 is 0 Å². The second-order valence-corrected chi connectivity index (χ2v) is 7.65. The maximum atomic E-state index is 11.9. The highest BCUT2D eigenvalue weighted by Gasteiger charge is 2.20. The van der Waals surface area contributed by atoms with Crippen molar-refractivity contribution in [2.75, 3.05) is 18.4 Å². The fourth-order valence-corrected chi connectivity index (χ4v) is 4.02. The Morgan fingerprint density at radius 2 is 2.00 bits per heavy atom. The van der Waals surface area contributed by atoms with E-state index in [9.17, 15) is 8.42 Å². The molecule has 0 saturated carbocycles. The number of hydrogen-bond donors (Lipinski definition) is 2. The van der Waals surface area contributed by atoms with E-state index in [1.807, 2.05) is 0 Å². The molecule has 1 fully saturated rings. The van der Waals surface area contributed by atoms with Crippen molar-refractivity contribution in [2.45, 2.75) is 44.0 Å². The fourth-order valence-electron chi connectivity index (χ4n) is 2.59. The molecular formula is C15H23N3O2S2. The van der Waals surface area contributed by atoms with E-state index in [2.05, 4.69) is 21.9 Å². The molecule has 0 aromatic heterocycles. The summed E-state index contributed by atoms with van der Waals surface area (Å²) in [6.45, 7) is 5.28. The van der Waals surface area contributed by atoms with E-state index in [0.29, 0.717) is 17.7 Å². The van der Waals surface area contributed by atoms with Crippen LogP contribution >= 0.6 is 12.2 Å². The summed E-state index contributed by atoms with van der Waals surface area (Å²) in [6.07, 6.45) is 3.56. The maximum absolute atomic E-state index is 11.9. The van der Waals surface area contributed by atoms with Gasteiger partial charge in [0.1, 0.15) is 0 Å². The van der Waals surface area contributed by atoms with Gasteiger partial charge in [0.15, 0.2) is 5.11 Å². The minimum absolute atomic E-state index is 0.261. The summed E-state index contributed by atoms with van der Waals surface area (Å²) in [5.41, 5.74) is 0.804. The van der Waals surface area contributed by atoms with Crippen LogP contribution < -0.4 is 10.0 Å². The third kappa shape index (κ3) is 4.18. The van der Waals surface area contributed by atoms with Crippen LogP contribution in [0.15, 0.2) is 29.2 Å². The predicted molar refractivity (Wildman–Crippen MR) is 93.5 cm³/mol. The molecule has 5 nitrogen and oxygen atoms in total. The van der Waals surface area contributed by atoms with E-state index >= 15 is 0 Å². The van der Waals surface area contributed by atoms with Gasteiger partial charge in [0.05, 0.1) is 4.90 Å². The largest absolute Gasteiger partial charge is 0.346 e. The van der Waals surface area contributed by atoms with Crippen molar-refractivity contribution in [3.8, 4) is 0 Å². The zero-order valence-corrected chi connectivity index (χ0v) is 14.6. The monoisotopic (exact) mass is 341 g/mol. The van der Waals surface area contributed by atoms with E-state index in [4.69, 9.17) is 12.2 Å². The summed E-state index contributed by atoms with van der Waals surface area (Å²) in [5, 5.41) is 3.90. The van der Waals surface area contributed by atoms with Crippen LogP contribution in [0.2, 0.25) is 0 Å². The molecule has 122 valence electrons. The number of nitrogens with zero attached hydrogens (tertiary/aromatic N) is 1. The van der Waals surface area contributed by atoms with Crippen LogP contribution in [0.25, 0.3) is 0 Å². The Hall–Kier alpha value is -1.18. The number of anilines is 1. The predicted octanol–water partition coefficient (Wildman–Crippen LogP) is 2.56. The summed E-state index contributed by atoms with van der Waals surface area (Å²) in [5.74, 6) is 0. The zero-order valence-electron chi connectivity index (χ0n) is 13.0. The molecule has 7 heteroatoms. The van der Waals surface area contributed by atoms with E-state index in [1.54, 1.807) is 31.2 Å². The molecule has 0 amide bonds. The third-order valence-corrected chi connectivity index (χ3v) is 5.71. The molecule has 0 unspecified atom stereocenters. The highest BCUT2D eigenvalue weighted by molar-refractivity contribution is 7.89. The van der Waals surface area contributed by atoms with E-state index in [0.717, 1.165) is 25.1 Å². The lowest BCUT2D eigenvalue weighted by Crippen LogP contribution is -2.44. The quantitative estimate of drug-likeness (QED) is 0.824. The normalized spacial score (nSPS) is 19.0. The van der Waals surface area contributed by atoms with Gasteiger partial charge in [0.2, 0.25) is 10.0 Å². The lowest BCUT2D eigenvalue weighted by atomic mass is 10.0. The molecule has 1 aromatic carbocycles. The molecule has 1 saturated heterocycles. The number of piperidine rings is 1. The lowest BCUT2D eigenvalue weighted by molar-refractivity contribution is 0.262. The maximum Gasteiger partial charge on any atom is 0.240 e. The van der Waals surface area contributed by atoms with E-state index < -0.39 is 10.0 Å². The fraction of sp³-hybridized carbons (Fsp3) is 0.533. The number of hydrogen-bond acceptors (Lipinski definition) is 3. The molecule has 2 rings (SSSR count).